The Labute approximate surface area is 150 Å². The number of primary sulfonamides is 1. The molecule has 0 amide bonds. The second kappa shape index (κ2) is 6.30. The normalized spacial score (nSPS) is 14.1. The minimum atomic E-state index is -3.68. The molecule has 7 nitrogen and oxygen atoms in total. The predicted octanol–water partition coefficient (Wildman–Crippen LogP) is 1.69. The topological polar surface area (TPSA) is 98.5 Å². The van der Waals surface area contributed by atoms with Gasteiger partial charge in [0.2, 0.25) is 10.0 Å². The van der Waals surface area contributed by atoms with Crippen molar-refractivity contribution in [3.05, 3.63) is 58.6 Å². The van der Waals surface area contributed by atoms with Crippen molar-refractivity contribution >= 4 is 26.8 Å². The molecule has 2 aromatic carbocycles. The summed E-state index contributed by atoms with van der Waals surface area (Å²) in [6, 6.07) is 12.4. The maximum absolute atomic E-state index is 12.0. The molecule has 1 aliphatic heterocycles. The summed E-state index contributed by atoms with van der Waals surface area (Å²) >= 11 is 0. The van der Waals surface area contributed by atoms with E-state index >= 15 is 0 Å². The zero-order valence-electron chi connectivity index (χ0n) is 14.1. The van der Waals surface area contributed by atoms with Crippen LogP contribution in [-0.2, 0) is 23.0 Å². The molecule has 0 unspecified atom stereocenters. The van der Waals surface area contributed by atoms with Crippen LogP contribution in [0.5, 0.6) is 0 Å². The van der Waals surface area contributed by atoms with Crippen molar-refractivity contribution in [2.24, 2.45) is 5.14 Å². The number of hydrogen-bond donors (Lipinski definition) is 1. The lowest BCUT2D eigenvalue weighted by Crippen LogP contribution is -2.24. The first kappa shape index (κ1) is 16.9. The highest BCUT2D eigenvalue weighted by Gasteiger charge is 2.21. The van der Waals surface area contributed by atoms with E-state index < -0.39 is 10.0 Å². The van der Waals surface area contributed by atoms with E-state index in [2.05, 4.69) is 4.90 Å². The molecule has 4 rings (SSSR count). The molecular formula is C18H19N3O4S. The molecule has 136 valence electrons. The molecule has 0 atom stereocenters. The molecular weight excluding hydrogens is 354 g/mol. The Balaban J connectivity index is 1.47. The summed E-state index contributed by atoms with van der Waals surface area (Å²) in [7, 11) is -3.68. The highest BCUT2D eigenvalue weighted by atomic mass is 32.2. The van der Waals surface area contributed by atoms with Crippen molar-refractivity contribution in [2.45, 2.75) is 24.3 Å². The summed E-state index contributed by atoms with van der Waals surface area (Å²) in [6.45, 7) is 2.16. The average Bonchev–Trinajstić information content (AvgIpc) is 3.15. The zero-order valence-corrected chi connectivity index (χ0v) is 14.9. The Hall–Kier alpha value is -2.58. The largest absolute Gasteiger partial charge is 0.419 e. The minimum absolute atomic E-state index is 0.148. The van der Waals surface area contributed by atoms with Gasteiger partial charge in [0.25, 0.3) is 0 Å². The van der Waals surface area contributed by atoms with Gasteiger partial charge in [0, 0.05) is 25.3 Å². The summed E-state index contributed by atoms with van der Waals surface area (Å²) < 4.78 is 29.9. The number of sulfonamides is 1. The average molecular weight is 373 g/mol. The molecule has 0 aliphatic carbocycles. The second-order valence-corrected chi connectivity index (χ2v) is 7.97. The van der Waals surface area contributed by atoms with Crippen LogP contribution >= 0.6 is 0 Å². The molecule has 0 bridgehead atoms. The van der Waals surface area contributed by atoms with Gasteiger partial charge in [-0.15, -0.1) is 0 Å². The molecule has 1 aliphatic rings. The number of nitrogens with zero attached hydrogens (tertiary/aromatic N) is 2. The predicted molar refractivity (Wildman–Crippen MR) is 98.8 cm³/mol. The molecule has 0 spiro atoms. The Morgan fingerprint density at radius 2 is 1.92 bits per heavy atom. The van der Waals surface area contributed by atoms with Crippen LogP contribution in [0.15, 0.2) is 56.6 Å². The van der Waals surface area contributed by atoms with Gasteiger partial charge in [-0.25, -0.2) is 18.4 Å². The summed E-state index contributed by atoms with van der Waals surface area (Å²) in [5.74, 6) is -0.342. The third kappa shape index (κ3) is 3.02. The van der Waals surface area contributed by atoms with E-state index in [0.29, 0.717) is 12.1 Å². The quantitative estimate of drug-likeness (QED) is 0.734. The van der Waals surface area contributed by atoms with Gasteiger partial charge < -0.3 is 9.32 Å². The SMILES string of the molecule is NS(=O)(=O)c1ccc2c(c1)CCN2CCCn1c(=O)oc2ccccc21. The molecule has 26 heavy (non-hydrogen) atoms. The van der Waals surface area contributed by atoms with E-state index in [-0.39, 0.29) is 10.7 Å². The molecule has 1 aromatic heterocycles. The van der Waals surface area contributed by atoms with Crippen LogP contribution in [0.25, 0.3) is 11.1 Å². The van der Waals surface area contributed by atoms with Gasteiger partial charge in [0.05, 0.1) is 10.4 Å². The first-order chi connectivity index (χ1) is 12.4. The fraction of sp³-hybridized carbons (Fsp3) is 0.278. The Morgan fingerprint density at radius 3 is 2.73 bits per heavy atom. The maximum atomic E-state index is 12.0. The van der Waals surface area contributed by atoms with Gasteiger partial charge in [-0.05, 0) is 48.7 Å². The number of aryl methyl sites for hydroxylation is 1. The number of aromatic nitrogens is 1. The van der Waals surface area contributed by atoms with Crippen molar-refractivity contribution in [3.8, 4) is 0 Å². The lowest BCUT2D eigenvalue weighted by molar-refractivity contribution is 0.497. The van der Waals surface area contributed by atoms with Crippen molar-refractivity contribution in [3.63, 3.8) is 0 Å². The number of oxazole rings is 1. The molecule has 0 saturated carbocycles. The zero-order chi connectivity index (χ0) is 18.3. The highest BCUT2D eigenvalue weighted by molar-refractivity contribution is 7.89. The number of benzene rings is 2. The lowest BCUT2D eigenvalue weighted by Gasteiger charge is -2.19. The van der Waals surface area contributed by atoms with Crippen LogP contribution in [-0.4, -0.2) is 26.1 Å². The van der Waals surface area contributed by atoms with Crippen molar-refractivity contribution in [1.82, 2.24) is 4.57 Å². The summed E-state index contributed by atoms with van der Waals surface area (Å²) in [5, 5.41) is 5.20. The molecule has 2 heterocycles. The van der Waals surface area contributed by atoms with Crippen LogP contribution in [0.1, 0.15) is 12.0 Å². The number of rotatable bonds is 5. The van der Waals surface area contributed by atoms with Crippen LogP contribution in [0.2, 0.25) is 0 Å². The van der Waals surface area contributed by atoms with Gasteiger partial charge in [-0.1, -0.05) is 12.1 Å². The fourth-order valence-corrected chi connectivity index (χ4v) is 4.07. The van der Waals surface area contributed by atoms with E-state index in [0.717, 1.165) is 42.7 Å². The number of anilines is 1. The summed E-state index contributed by atoms with van der Waals surface area (Å²) in [5.41, 5.74) is 3.42. The van der Waals surface area contributed by atoms with E-state index in [4.69, 9.17) is 9.56 Å². The summed E-state index contributed by atoms with van der Waals surface area (Å²) in [6.07, 6.45) is 1.56. The maximum Gasteiger partial charge on any atom is 0.419 e. The first-order valence-corrected chi connectivity index (χ1v) is 9.97. The van der Waals surface area contributed by atoms with Gasteiger partial charge in [-0.2, -0.15) is 0 Å². The molecule has 8 heteroatoms. The third-order valence-corrected chi connectivity index (χ3v) is 5.67. The van der Waals surface area contributed by atoms with E-state index in [1.54, 1.807) is 22.8 Å². The van der Waals surface area contributed by atoms with E-state index in [9.17, 15) is 13.2 Å². The van der Waals surface area contributed by atoms with Gasteiger partial charge in [-0.3, -0.25) is 4.57 Å². The number of nitrogens with two attached hydrogens (primary N) is 1. The van der Waals surface area contributed by atoms with Crippen LogP contribution < -0.4 is 15.8 Å². The fourth-order valence-electron chi connectivity index (χ4n) is 3.50. The Morgan fingerprint density at radius 1 is 1.12 bits per heavy atom. The van der Waals surface area contributed by atoms with Gasteiger partial charge >= 0.3 is 5.76 Å². The third-order valence-electron chi connectivity index (χ3n) is 4.75. The van der Waals surface area contributed by atoms with Crippen LogP contribution in [0.4, 0.5) is 5.69 Å². The monoisotopic (exact) mass is 373 g/mol. The Kier molecular flexibility index (Phi) is 4.08. The lowest BCUT2D eigenvalue weighted by atomic mass is 10.2. The van der Waals surface area contributed by atoms with Crippen molar-refractivity contribution in [2.75, 3.05) is 18.0 Å². The summed E-state index contributed by atoms with van der Waals surface area (Å²) in [4.78, 5) is 14.4. The molecule has 0 saturated heterocycles. The van der Waals surface area contributed by atoms with Crippen LogP contribution in [0, 0.1) is 0 Å². The molecule has 0 radical (unpaired) electrons. The standard InChI is InChI=1S/C18H19N3O4S/c19-26(23,24)14-6-7-15-13(12-14)8-11-20(15)9-3-10-21-16-4-1-2-5-17(16)25-18(21)22/h1-2,4-7,12H,3,8-11H2,(H2,19,23,24). The smallest absolute Gasteiger partial charge is 0.408 e. The van der Waals surface area contributed by atoms with Crippen LogP contribution in [0.3, 0.4) is 0 Å². The number of para-hydroxylation sites is 2. The molecule has 3 aromatic rings. The highest BCUT2D eigenvalue weighted by Crippen LogP contribution is 2.30. The molecule has 0 fully saturated rings. The first-order valence-electron chi connectivity index (χ1n) is 8.42. The second-order valence-electron chi connectivity index (χ2n) is 6.41. The number of hydrogen-bond acceptors (Lipinski definition) is 5. The van der Waals surface area contributed by atoms with E-state index in [1.807, 2.05) is 24.3 Å². The van der Waals surface area contributed by atoms with Crippen molar-refractivity contribution < 1.29 is 12.8 Å². The van der Waals surface area contributed by atoms with E-state index in [1.165, 1.54) is 0 Å². The van der Waals surface area contributed by atoms with Crippen molar-refractivity contribution in [1.29, 1.82) is 0 Å². The van der Waals surface area contributed by atoms with Gasteiger partial charge in [0.1, 0.15) is 0 Å². The molecule has 2 N–H and O–H groups in total. The van der Waals surface area contributed by atoms with Gasteiger partial charge in [0.15, 0.2) is 5.58 Å². The minimum Gasteiger partial charge on any atom is -0.408 e. The Bertz CT molecular complexity index is 1130. The number of fused-ring (bicyclic) bond motifs is 2.